The van der Waals surface area contributed by atoms with Gasteiger partial charge in [0, 0.05) is 55.4 Å². The number of aryl methyl sites for hydroxylation is 1. The van der Waals surface area contributed by atoms with Crippen molar-refractivity contribution in [3.63, 3.8) is 0 Å². The predicted octanol–water partition coefficient (Wildman–Crippen LogP) is 3.47. The highest BCUT2D eigenvalue weighted by molar-refractivity contribution is 6.20. The second kappa shape index (κ2) is 8.71. The molecule has 1 atom stereocenters. The standard InChI is InChI=1S/C21H20ClF2N5O3/c1-28-18(6-8-26-28)17-10-13(11-25-19(17)29-9-7-15(30)12-29)20(31)27-14-2-4-16(5-3-14)32-21(22,23)24/h2-6,8,10-11,15,30H,7,9,12H2,1H3,(H,27,31). The maximum atomic E-state index is 12.8. The molecule has 2 N–H and O–H groups in total. The maximum absolute atomic E-state index is 12.8. The van der Waals surface area contributed by atoms with Crippen molar-refractivity contribution in [1.29, 1.82) is 0 Å². The molecule has 168 valence electrons. The normalized spacial score (nSPS) is 16.3. The number of halogens is 3. The molecule has 2 aromatic heterocycles. The monoisotopic (exact) mass is 463 g/mol. The SMILES string of the molecule is Cn1nccc1-c1cc(C(=O)Nc2ccc(OC(F)(F)Cl)cc2)cnc1N1CCC(O)C1. The number of carbonyl (C=O) groups excluding carboxylic acids is 1. The van der Waals surface area contributed by atoms with Crippen molar-refractivity contribution in [2.24, 2.45) is 7.05 Å². The van der Waals surface area contributed by atoms with E-state index in [0.29, 0.717) is 42.1 Å². The number of hydrogen-bond donors (Lipinski definition) is 2. The van der Waals surface area contributed by atoms with Crippen LogP contribution in [0.25, 0.3) is 11.3 Å². The number of nitrogens with one attached hydrogen (secondary N) is 1. The number of aromatic nitrogens is 3. The van der Waals surface area contributed by atoms with E-state index in [1.807, 2.05) is 11.0 Å². The Bertz CT molecular complexity index is 1120. The summed E-state index contributed by atoms with van der Waals surface area (Å²) in [7, 11) is 1.79. The molecule has 1 aliphatic rings. The molecule has 0 aliphatic carbocycles. The van der Waals surface area contributed by atoms with Crippen LogP contribution in [0.2, 0.25) is 0 Å². The van der Waals surface area contributed by atoms with Gasteiger partial charge in [0.15, 0.2) is 0 Å². The topological polar surface area (TPSA) is 92.5 Å². The summed E-state index contributed by atoms with van der Waals surface area (Å²) >= 11 is 4.75. The lowest BCUT2D eigenvalue weighted by Gasteiger charge is -2.21. The zero-order valence-corrected chi connectivity index (χ0v) is 17.8. The summed E-state index contributed by atoms with van der Waals surface area (Å²) in [4.78, 5) is 19.3. The smallest absolute Gasteiger partial charge is 0.420 e. The van der Waals surface area contributed by atoms with E-state index < -0.39 is 17.6 Å². The van der Waals surface area contributed by atoms with Crippen LogP contribution >= 0.6 is 11.6 Å². The fourth-order valence-electron chi connectivity index (χ4n) is 3.54. The van der Waals surface area contributed by atoms with Crippen LogP contribution < -0.4 is 15.0 Å². The van der Waals surface area contributed by atoms with Crippen molar-refractivity contribution >= 4 is 29.0 Å². The van der Waals surface area contributed by atoms with Crippen LogP contribution in [0.1, 0.15) is 16.8 Å². The van der Waals surface area contributed by atoms with Crippen molar-refractivity contribution < 1.29 is 23.4 Å². The lowest BCUT2D eigenvalue weighted by molar-refractivity contribution is -0.0964. The van der Waals surface area contributed by atoms with E-state index >= 15 is 0 Å². The number of alkyl halides is 3. The maximum Gasteiger partial charge on any atom is 0.487 e. The Morgan fingerprint density at radius 3 is 2.66 bits per heavy atom. The van der Waals surface area contributed by atoms with E-state index in [-0.39, 0.29) is 5.75 Å². The van der Waals surface area contributed by atoms with Crippen molar-refractivity contribution in [3.05, 3.63) is 54.4 Å². The number of carbonyl (C=O) groups is 1. The highest BCUT2D eigenvalue weighted by Gasteiger charge is 2.28. The summed E-state index contributed by atoms with van der Waals surface area (Å²) in [5.74, 6) is 0.0933. The Morgan fingerprint density at radius 2 is 2.06 bits per heavy atom. The summed E-state index contributed by atoms with van der Waals surface area (Å²) in [5, 5.41) is 16.8. The minimum absolute atomic E-state index is 0.139. The third-order valence-corrected chi connectivity index (χ3v) is 5.11. The number of β-amino-alcohol motifs (C(OH)–C–C–N with tert-alkyl or cyclic N) is 1. The molecule has 1 aromatic carbocycles. The Kier molecular flexibility index (Phi) is 5.98. The molecule has 4 rings (SSSR count). The molecule has 1 saturated heterocycles. The zero-order valence-electron chi connectivity index (χ0n) is 17.0. The van der Waals surface area contributed by atoms with E-state index in [2.05, 4.69) is 20.1 Å². The number of rotatable bonds is 6. The number of pyridine rings is 1. The molecule has 0 radical (unpaired) electrons. The molecule has 3 heterocycles. The summed E-state index contributed by atoms with van der Waals surface area (Å²) in [6, 6.07) is 8.92. The van der Waals surface area contributed by atoms with Crippen LogP contribution in [-0.2, 0) is 7.05 Å². The number of aliphatic hydroxyl groups excluding tert-OH is 1. The van der Waals surface area contributed by atoms with Crippen molar-refractivity contribution in [1.82, 2.24) is 14.8 Å². The van der Waals surface area contributed by atoms with Gasteiger partial charge in [-0.25, -0.2) is 4.98 Å². The van der Waals surface area contributed by atoms with Gasteiger partial charge in [-0.2, -0.15) is 5.10 Å². The minimum atomic E-state index is -3.81. The summed E-state index contributed by atoms with van der Waals surface area (Å²) in [5.41, 5.74) is -1.65. The second-order valence-electron chi connectivity index (χ2n) is 7.35. The first-order chi connectivity index (χ1) is 15.2. The van der Waals surface area contributed by atoms with Gasteiger partial charge in [0.1, 0.15) is 11.6 Å². The molecule has 1 unspecified atom stereocenters. The van der Waals surface area contributed by atoms with Crippen LogP contribution in [-0.4, -0.2) is 50.5 Å². The van der Waals surface area contributed by atoms with Gasteiger partial charge in [-0.15, -0.1) is 8.78 Å². The first-order valence-corrected chi connectivity index (χ1v) is 10.2. The van der Waals surface area contributed by atoms with E-state index in [1.165, 1.54) is 30.5 Å². The highest BCUT2D eigenvalue weighted by atomic mass is 35.5. The molecule has 32 heavy (non-hydrogen) atoms. The largest absolute Gasteiger partial charge is 0.487 e. The molecular formula is C21H20ClF2N5O3. The van der Waals surface area contributed by atoms with Gasteiger partial charge in [-0.3, -0.25) is 9.48 Å². The lowest BCUT2D eigenvalue weighted by Crippen LogP contribution is -2.24. The molecule has 0 bridgehead atoms. The molecule has 3 aromatic rings. The van der Waals surface area contributed by atoms with E-state index in [9.17, 15) is 18.7 Å². The van der Waals surface area contributed by atoms with Crippen molar-refractivity contribution in [3.8, 4) is 17.0 Å². The Hall–Kier alpha value is -3.24. The summed E-state index contributed by atoms with van der Waals surface area (Å²) in [6.07, 6.45) is 3.33. The molecular weight excluding hydrogens is 444 g/mol. The number of nitrogens with zero attached hydrogens (tertiary/aromatic N) is 4. The fourth-order valence-corrected chi connectivity index (χ4v) is 3.63. The lowest BCUT2D eigenvalue weighted by atomic mass is 10.1. The Morgan fingerprint density at radius 1 is 1.31 bits per heavy atom. The number of anilines is 2. The highest BCUT2D eigenvalue weighted by Crippen LogP contribution is 2.32. The number of hydrogen-bond acceptors (Lipinski definition) is 6. The molecule has 0 saturated carbocycles. The van der Waals surface area contributed by atoms with Gasteiger partial charge in [0.25, 0.3) is 5.91 Å². The summed E-state index contributed by atoms with van der Waals surface area (Å²) in [6.45, 7) is 1.11. The van der Waals surface area contributed by atoms with Crippen molar-refractivity contribution in [2.45, 2.75) is 18.1 Å². The number of aliphatic hydroxyl groups is 1. The number of benzene rings is 1. The molecule has 0 spiro atoms. The summed E-state index contributed by atoms with van der Waals surface area (Å²) < 4.78 is 31.4. The fraction of sp³-hybridized carbons (Fsp3) is 0.286. The third kappa shape index (κ3) is 4.97. The first-order valence-electron chi connectivity index (χ1n) is 9.78. The van der Waals surface area contributed by atoms with Crippen LogP contribution in [0, 0.1) is 0 Å². The first kappa shape index (κ1) is 22.0. The molecule has 8 nitrogen and oxygen atoms in total. The molecule has 1 fully saturated rings. The average molecular weight is 464 g/mol. The average Bonchev–Trinajstić information content (AvgIpc) is 3.36. The van der Waals surface area contributed by atoms with Gasteiger partial charge in [-0.05, 0) is 42.8 Å². The zero-order chi connectivity index (χ0) is 22.9. The van der Waals surface area contributed by atoms with Gasteiger partial charge >= 0.3 is 5.57 Å². The third-order valence-electron chi connectivity index (χ3n) is 5.03. The predicted molar refractivity (Wildman–Crippen MR) is 115 cm³/mol. The number of ether oxygens (including phenoxy) is 1. The van der Waals surface area contributed by atoms with Crippen molar-refractivity contribution in [2.75, 3.05) is 23.3 Å². The Labute approximate surface area is 187 Å². The van der Waals surface area contributed by atoms with Gasteiger partial charge < -0.3 is 20.1 Å². The van der Waals surface area contributed by atoms with Gasteiger partial charge in [0.2, 0.25) is 0 Å². The Balaban J connectivity index is 1.58. The van der Waals surface area contributed by atoms with Crippen LogP contribution in [0.15, 0.2) is 48.8 Å². The van der Waals surface area contributed by atoms with E-state index in [0.717, 1.165) is 5.69 Å². The number of amides is 1. The van der Waals surface area contributed by atoms with Crippen LogP contribution in [0.4, 0.5) is 20.3 Å². The second-order valence-corrected chi connectivity index (χ2v) is 7.79. The van der Waals surface area contributed by atoms with E-state index in [4.69, 9.17) is 11.6 Å². The minimum Gasteiger partial charge on any atom is -0.420 e. The molecule has 11 heteroatoms. The van der Waals surface area contributed by atoms with Gasteiger partial charge in [0.05, 0.1) is 17.4 Å². The van der Waals surface area contributed by atoms with E-state index in [1.54, 1.807) is 24.0 Å². The van der Waals surface area contributed by atoms with Crippen LogP contribution in [0.3, 0.4) is 0 Å². The van der Waals surface area contributed by atoms with Gasteiger partial charge in [-0.1, -0.05) is 0 Å². The quantitative estimate of drug-likeness (QED) is 0.544. The molecule has 1 amide bonds. The van der Waals surface area contributed by atoms with Crippen LogP contribution in [0.5, 0.6) is 5.75 Å². The molecule has 1 aliphatic heterocycles.